The van der Waals surface area contributed by atoms with E-state index in [2.05, 4.69) is 0 Å². The number of nitrogens with two attached hydrogens (primary N) is 1. The van der Waals surface area contributed by atoms with Crippen molar-refractivity contribution in [3.63, 3.8) is 0 Å². The van der Waals surface area contributed by atoms with Crippen LogP contribution in [0.2, 0.25) is 0 Å². The molecule has 0 fully saturated rings. The zero-order valence-electron chi connectivity index (χ0n) is 8.40. The average molecular weight is 209 g/mol. The van der Waals surface area contributed by atoms with Crippen LogP contribution in [0, 0.1) is 11.8 Å². The Morgan fingerprint density at radius 3 is 2.08 bits per heavy atom. The monoisotopic (exact) mass is 209 g/mol. The van der Waals surface area contributed by atoms with Crippen LogP contribution < -0.4 is 5.73 Å². The van der Waals surface area contributed by atoms with Crippen molar-refractivity contribution in [1.29, 1.82) is 0 Å². The molecule has 3 N–H and O–H groups in total. The van der Waals surface area contributed by atoms with Crippen molar-refractivity contribution < 1.29 is 13.0 Å². The molecule has 0 spiro atoms. The Morgan fingerprint density at radius 1 is 1.31 bits per heavy atom. The number of hydrogen-bond donors (Lipinski definition) is 2. The van der Waals surface area contributed by atoms with Crippen molar-refractivity contribution in [3.05, 3.63) is 0 Å². The molecular weight excluding hydrogens is 190 g/mol. The van der Waals surface area contributed by atoms with E-state index in [0.717, 1.165) is 0 Å². The van der Waals surface area contributed by atoms with Gasteiger partial charge >= 0.3 is 0 Å². The molecule has 13 heavy (non-hydrogen) atoms. The van der Waals surface area contributed by atoms with Gasteiger partial charge in [0.25, 0.3) is 10.1 Å². The molecule has 0 aromatic carbocycles. The summed E-state index contributed by atoms with van der Waals surface area (Å²) in [4.78, 5) is 0. The van der Waals surface area contributed by atoms with Crippen LogP contribution in [0.1, 0.15) is 27.2 Å². The molecule has 0 saturated heterocycles. The Bertz CT molecular complexity index is 236. The maximum absolute atomic E-state index is 10.4. The number of hydrogen-bond acceptors (Lipinski definition) is 3. The lowest BCUT2D eigenvalue weighted by molar-refractivity contribution is 0.338. The predicted molar refractivity (Wildman–Crippen MR) is 53.0 cm³/mol. The van der Waals surface area contributed by atoms with Crippen LogP contribution >= 0.6 is 0 Å². The molecule has 0 radical (unpaired) electrons. The molecule has 5 heteroatoms. The highest BCUT2D eigenvalue weighted by Crippen LogP contribution is 2.15. The molecule has 0 aliphatic heterocycles. The predicted octanol–water partition coefficient (Wildman–Crippen LogP) is 0.884. The Kier molecular flexibility index (Phi) is 4.88. The van der Waals surface area contributed by atoms with Gasteiger partial charge in [-0.25, -0.2) is 0 Å². The Labute approximate surface area is 80.3 Å². The zero-order chi connectivity index (χ0) is 10.6. The summed E-state index contributed by atoms with van der Waals surface area (Å²) in [6.45, 7) is 6.06. The highest BCUT2D eigenvalue weighted by molar-refractivity contribution is 7.85. The first-order valence-electron chi connectivity index (χ1n) is 4.44. The van der Waals surface area contributed by atoms with Crippen LogP contribution in [-0.2, 0) is 10.1 Å². The SMILES string of the molecule is CC(C)C(C)C(N)CCS(=O)(=O)O. The molecule has 0 aliphatic carbocycles. The summed E-state index contributed by atoms with van der Waals surface area (Å²) in [5.74, 6) is 0.448. The smallest absolute Gasteiger partial charge is 0.264 e. The second-order valence-corrected chi connectivity index (χ2v) is 5.41. The lowest BCUT2D eigenvalue weighted by Gasteiger charge is -2.22. The summed E-state index contributed by atoms with van der Waals surface area (Å²) >= 11 is 0. The van der Waals surface area contributed by atoms with Gasteiger partial charge in [0, 0.05) is 6.04 Å². The average Bonchev–Trinajstić information content (AvgIpc) is 1.97. The standard InChI is InChI=1S/C8H19NO3S/c1-6(2)7(3)8(9)4-5-13(10,11)12/h6-8H,4-5,9H2,1-3H3,(H,10,11,12). The van der Waals surface area contributed by atoms with Gasteiger partial charge in [0.15, 0.2) is 0 Å². The van der Waals surface area contributed by atoms with Gasteiger partial charge in [-0.2, -0.15) is 8.42 Å². The maximum Gasteiger partial charge on any atom is 0.264 e. The first-order valence-corrected chi connectivity index (χ1v) is 6.05. The summed E-state index contributed by atoms with van der Waals surface area (Å²) in [6, 6.07) is -0.165. The van der Waals surface area contributed by atoms with Gasteiger partial charge in [0.1, 0.15) is 0 Å². The van der Waals surface area contributed by atoms with Crippen molar-refractivity contribution in [2.75, 3.05) is 5.75 Å². The largest absolute Gasteiger partial charge is 0.327 e. The normalized spacial score (nSPS) is 17.4. The van der Waals surface area contributed by atoms with E-state index in [-0.39, 0.29) is 17.7 Å². The van der Waals surface area contributed by atoms with Gasteiger partial charge < -0.3 is 5.73 Å². The van der Waals surface area contributed by atoms with Crippen LogP contribution in [0.5, 0.6) is 0 Å². The molecule has 0 bridgehead atoms. The molecule has 2 atom stereocenters. The highest BCUT2D eigenvalue weighted by Gasteiger charge is 2.18. The third-order valence-corrected chi connectivity index (χ3v) is 3.19. The highest BCUT2D eigenvalue weighted by atomic mass is 32.2. The molecule has 0 heterocycles. The molecule has 0 amide bonds. The fraction of sp³-hybridized carbons (Fsp3) is 1.00. The van der Waals surface area contributed by atoms with Crippen LogP contribution in [-0.4, -0.2) is 24.8 Å². The van der Waals surface area contributed by atoms with Crippen molar-refractivity contribution in [1.82, 2.24) is 0 Å². The fourth-order valence-corrected chi connectivity index (χ4v) is 1.61. The molecular formula is C8H19NO3S. The van der Waals surface area contributed by atoms with E-state index in [0.29, 0.717) is 12.3 Å². The van der Waals surface area contributed by atoms with E-state index >= 15 is 0 Å². The first-order chi connectivity index (χ1) is 5.74. The second-order valence-electron chi connectivity index (χ2n) is 3.84. The Hall–Kier alpha value is -0.130. The van der Waals surface area contributed by atoms with E-state index in [1.807, 2.05) is 20.8 Å². The fourth-order valence-electron chi connectivity index (χ4n) is 1.04. The molecule has 0 aromatic heterocycles. The topological polar surface area (TPSA) is 80.4 Å². The third kappa shape index (κ3) is 6.01. The second kappa shape index (κ2) is 4.93. The molecule has 2 unspecified atom stereocenters. The van der Waals surface area contributed by atoms with Crippen molar-refractivity contribution in [3.8, 4) is 0 Å². The summed E-state index contributed by atoms with van der Waals surface area (Å²) in [6.07, 6.45) is 0.318. The minimum atomic E-state index is -3.86. The van der Waals surface area contributed by atoms with E-state index in [1.165, 1.54) is 0 Å². The lowest BCUT2D eigenvalue weighted by Crippen LogP contribution is -2.33. The summed E-state index contributed by atoms with van der Waals surface area (Å²) in [7, 11) is -3.86. The minimum Gasteiger partial charge on any atom is -0.327 e. The Morgan fingerprint density at radius 2 is 1.77 bits per heavy atom. The first kappa shape index (κ1) is 12.9. The van der Waals surface area contributed by atoms with Crippen molar-refractivity contribution >= 4 is 10.1 Å². The van der Waals surface area contributed by atoms with Gasteiger partial charge in [-0.1, -0.05) is 20.8 Å². The van der Waals surface area contributed by atoms with E-state index in [1.54, 1.807) is 0 Å². The minimum absolute atomic E-state index is 0.165. The van der Waals surface area contributed by atoms with Crippen LogP contribution in [0.3, 0.4) is 0 Å². The Balaban J connectivity index is 3.95. The lowest BCUT2D eigenvalue weighted by atomic mass is 9.89. The van der Waals surface area contributed by atoms with E-state index in [9.17, 15) is 8.42 Å². The van der Waals surface area contributed by atoms with Gasteiger partial charge in [0.05, 0.1) is 5.75 Å². The van der Waals surface area contributed by atoms with Crippen molar-refractivity contribution in [2.24, 2.45) is 17.6 Å². The van der Waals surface area contributed by atoms with E-state index < -0.39 is 10.1 Å². The summed E-state index contributed by atoms with van der Waals surface area (Å²) < 4.78 is 29.4. The maximum atomic E-state index is 10.4. The molecule has 0 rings (SSSR count). The van der Waals surface area contributed by atoms with Crippen LogP contribution in [0.15, 0.2) is 0 Å². The van der Waals surface area contributed by atoms with E-state index in [4.69, 9.17) is 10.3 Å². The molecule has 0 saturated carbocycles. The van der Waals surface area contributed by atoms with Gasteiger partial charge in [-0.05, 0) is 18.3 Å². The van der Waals surface area contributed by atoms with Gasteiger partial charge in [-0.3, -0.25) is 4.55 Å². The van der Waals surface area contributed by atoms with Crippen LogP contribution in [0.4, 0.5) is 0 Å². The van der Waals surface area contributed by atoms with Gasteiger partial charge in [-0.15, -0.1) is 0 Å². The quantitative estimate of drug-likeness (QED) is 0.659. The summed E-state index contributed by atoms with van der Waals surface area (Å²) in [5.41, 5.74) is 5.75. The molecule has 4 nitrogen and oxygen atoms in total. The van der Waals surface area contributed by atoms with Gasteiger partial charge in [0.2, 0.25) is 0 Å². The van der Waals surface area contributed by atoms with Crippen LogP contribution in [0.25, 0.3) is 0 Å². The number of rotatable bonds is 5. The summed E-state index contributed by atoms with van der Waals surface area (Å²) in [5, 5.41) is 0. The molecule has 0 aliphatic rings. The zero-order valence-corrected chi connectivity index (χ0v) is 9.21. The third-order valence-electron chi connectivity index (χ3n) is 2.44. The molecule has 0 aromatic rings. The van der Waals surface area contributed by atoms with Crippen molar-refractivity contribution in [2.45, 2.75) is 33.2 Å². The molecule has 80 valence electrons.